The van der Waals surface area contributed by atoms with Gasteiger partial charge in [-0.05, 0) is 37.9 Å². The molecule has 0 aromatic carbocycles. The van der Waals surface area contributed by atoms with E-state index in [0.717, 1.165) is 31.9 Å². The van der Waals surface area contributed by atoms with Crippen LogP contribution in [0.25, 0.3) is 0 Å². The molecule has 0 bridgehead atoms. The van der Waals surface area contributed by atoms with Crippen LogP contribution in [0.2, 0.25) is 0 Å². The van der Waals surface area contributed by atoms with Crippen molar-refractivity contribution in [2.45, 2.75) is 26.3 Å². The number of aromatic nitrogens is 3. The second-order valence-electron chi connectivity index (χ2n) is 5.91. The molecule has 0 amide bonds. The van der Waals surface area contributed by atoms with Gasteiger partial charge in [-0.1, -0.05) is 0 Å². The molecule has 0 radical (unpaired) electrons. The molecule has 1 fully saturated rings. The fraction of sp³-hybridized carbons (Fsp3) is 0.500. The molecular formula is C16H20N6O. The number of pyridine rings is 1. The van der Waals surface area contributed by atoms with E-state index >= 15 is 0 Å². The lowest BCUT2D eigenvalue weighted by Crippen LogP contribution is -2.26. The van der Waals surface area contributed by atoms with Crippen molar-refractivity contribution < 1.29 is 4.42 Å². The van der Waals surface area contributed by atoms with Gasteiger partial charge in [-0.2, -0.15) is 5.26 Å². The third-order valence-corrected chi connectivity index (χ3v) is 4.23. The van der Waals surface area contributed by atoms with Gasteiger partial charge in [0.2, 0.25) is 11.8 Å². The molecule has 0 spiro atoms. The Morgan fingerprint density at radius 3 is 3.00 bits per heavy atom. The summed E-state index contributed by atoms with van der Waals surface area (Å²) in [6.45, 7) is 6.79. The van der Waals surface area contributed by atoms with Crippen molar-refractivity contribution >= 4 is 5.82 Å². The average Bonchev–Trinajstić information content (AvgIpc) is 3.22. The molecule has 1 aliphatic heterocycles. The Balaban J connectivity index is 1.50. The van der Waals surface area contributed by atoms with Crippen molar-refractivity contribution in [2.75, 3.05) is 25.0 Å². The van der Waals surface area contributed by atoms with Crippen LogP contribution in [-0.4, -0.2) is 39.7 Å². The Morgan fingerprint density at radius 1 is 1.48 bits per heavy atom. The Labute approximate surface area is 135 Å². The third-order valence-electron chi connectivity index (χ3n) is 4.23. The van der Waals surface area contributed by atoms with E-state index in [2.05, 4.69) is 38.4 Å². The van der Waals surface area contributed by atoms with Crippen LogP contribution >= 0.6 is 0 Å². The predicted octanol–water partition coefficient (Wildman–Crippen LogP) is 2.14. The smallest absolute Gasteiger partial charge is 0.233 e. The number of nitrogens with zero attached hydrogens (tertiary/aromatic N) is 5. The maximum atomic E-state index is 8.77. The number of likely N-dealkylation sites (tertiary alicyclic amines) is 1. The summed E-state index contributed by atoms with van der Waals surface area (Å²) in [5, 5.41) is 20.1. The summed E-state index contributed by atoms with van der Waals surface area (Å²) in [4.78, 5) is 6.60. The van der Waals surface area contributed by atoms with Crippen LogP contribution in [0.4, 0.5) is 5.82 Å². The monoisotopic (exact) mass is 312 g/mol. The highest BCUT2D eigenvalue weighted by Gasteiger charge is 2.29. The highest BCUT2D eigenvalue weighted by atomic mass is 16.4. The molecule has 0 saturated carbocycles. The van der Waals surface area contributed by atoms with E-state index in [1.165, 1.54) is 0 Å². The predicted molar refractivity (Wildman–Crippen MR) is 84.6 cm³/mol. The minimum absolute atomic E-state index is 0.147. The summed E-state index contributed by atoms with van der Waals surface area (Å²) in [6, 6.07) is 5.83. The van der Waals surface area contributed by atoms with Gasteiger partial charge < -0.3 is 9.73 Å². The van der Waals surface area contributed by atoms with E-state index in [-0.39, 0.29) is 6.04 Å². The van der Waals surface area contributed by atoms with E-state index in [0.29, 0.717) is 23.3 Å². The van der Waals surface area contributed by atoms with Gasteiger partial charge in [0.25, 0.3) is 0 Å². The second kappa shape index (κ2) is 6.75. The lowest BCUT2D eigenvalue weighted by atomic mass is 10.1. The lowest BCUT2D eigenvalue weighted by Gasteiger charge is -2.21. The van der Waals surface area contributed by atoms with Crippen molar-refractivity contribution in [3.63, 3.8) is 0 Å². The summed E-state index contributed by atoms with van der Waals surface area (Å²) in [7, 11) is 0. The SMILES string of the molecule is Cc1nnc([C@H](C)N2CC[C@@H](CNc3ccc(C#N)cn3)C2)o1. The largest absolute Gasteiger partial charge is 0.424 e. The molecule has 1 saturated heterocycles. The van der Waals surface area contributed by atoms with Gasteiger partial charge in [0.05, 0.1) is 11.6 Å². The molecule has 23 heavy (non-hydrogen) atoms. The molecular weight excluding hydrogens is 292 g/mol. The molecule has 2 atom stereocenters. The number of aryl methyl sites for hydroxylation is 1. The highest BCUT2D eigenvalue weighted by molar-refractivity contribution is 5.38. The van der Waals surface area contributed by atoms with Gasteiger partial charge in [-0.25, -0.2) is 4.98 Å². The van der Waals surface area contributed by atoms with Gasteiger partial charge >= 0.3 is 0 Å². The van der Waals surface area contributed by atoms with Crippen molar-refractivity contribution in [3.05, 3.63) is 35.7 Å². The van der Waals surface area contributed by atoms with Crippen molar-refractivity contribution in [1.82, 2.24) is 20.1 Å². The molecule has 2 aromatic heterocycles. The molecule has 7 heteroatoms. The third kappa shape index (κ3) is 3.66. The summed E-state index contributed by atoms with van der Waals surface area (Å²) in [5.74, 6) is 2.66. The zero-order valence-electron chi connectivity index (χ0n) is 13.4. The van der Waals surface area contributed by atoms with Crippen molar-refractivity contribution in [3.8, 4) is 6.07 Å². The summed E-state index contributed by atoms with van der Waals surface area (Å²) >= 11 is 0. The zero-order valence-corrected chi connectivity index (χ0v) is 13.4. The number of anilines is 1. The number of hydrogen-bond acceptors (Lipinski definition) is 7. The minimum atomic E-state index is 0.147. The van der Waals surface area contributed by atoms with Crippen molar-refractivity contribution in [2.24, 2.45) is 5.92 Å². The van der Waals surface area contributed by atoms with Crippen LogP contribution in [-0.2, 0) is 0 Å². The van der Waals surface area contributed by atoms with Crippen LogP contribution in [0.1, 0.15) is 36.7 Å². The molecule has 0 aliphatic carbocycles. The van der Waals surface area contributed by atoms with Gasteiger partial charge in [0.1, 0.15) is 11.9 Å². The van der Waals surface area contributed by atoms with E-state index in [4.69, 9.17) is 9.68 Å². The van der Waals surface area contributed by atoms with E-state index in [1.807, 2.05) is 13.0 Å². The summed E-state index contributed by atoms with van der Waals surface area (Å²) < 4.78 is 5.53. The van der Waals surface area contributed by atoms with Crippen LogP contribution in [0.15, 0.2) is 22.7 Å². The normalized spacial score (nSPS) is 19.4. The summed E-state index contributed by atoms with van der Waals surface area (Å²) in [6.07, 6.45) is 2.71. The first-order valence-corrected chi connectivity index (χ1v) is 7.80. The standard InChI is InChI=1S/C16H20N6O/c1-11(16-21-20-12(2)23-16)22-6-5-14(10-22)9-19-15-4-3-13(7-17)8-18-15/h3-4,8,11,14H,5-6,9-10H2,1-2H3,(H,18,19)/t11-,14-/m0/s1. The van der Waals surface area contributed by atoms with Gasteiger partial charge in [0.15, 0.2) is 0 Å². The van der Waals surface area contributed by atoms with Crippen LogP contribution < -0.4 is 5.32 Å². The first-order chi connectivity index (χ1) is 11.2. The fourth-order valence-corrected chi connectivity index (χ4v) is 2.83. The van der Waals surface area contributed by atoms with Gasteiger partial charge in [-0.15, -0.1) is 10.2 Å². The average molecular weight is 312 g/mol. The quantitative estimate of drug-likeness (QED) is 0.904. The van der Waals surface area contributed by atoms with E-state index in [9.17, 15) is 0 Å². The number of nitriles is 1. The van der Waals surface area contributed by atoms with Crippen molar-refractivity contribution in [1.29, 1.82) is 5.26 Å². The molecule has 7 nitrogen and oxygen atoms in total. The number of nitrogens with one attached hydrogen (secondary N) is 1. The fourth-order valence-electron chi connectivity index (χ4n) is 2.83. The molecule has 2 aromatic rings. The van der Waals surface area contributed by atoms with Crippen LogP contribution in [0, 0.1) is 24.2 Å². The Hall–Kier alpha value is -2.46. The van der Waals surface area contributed by atoms with Crippen LogP contribution in [0.3, 0.4) is 0 Å². The topological polar surface area (TPSA) is 90.9 Å². The Bertz CT molecular complexity index is 689. The zero-order chi connectivity index (χ0) is 16.2. The summed E-state index contributed by atoms with van der Waals surface area (Å²) in [5.41, 5.74) is 0.575. The lowest BCUT2D eigenvalue weighted by molar-refractivity contribution is 0.216. The first-order valence-electron chi connectivity index (χ1n) is 7.80. The van der Waals surface area contributed by atoms with E-state index < -0.39 is 0 Å². The first kappa shape index (κ1) is 15.4. The highest BCUT2D eigenvalue weighted by Crippen LogP contribution is 2.26. The van der Waals surface area contributed by atoms with Crippen LogP contribution in [0.5, 0.6) is 0 Å². The second-order valence-corrected chi connectivity index (χ2v) is 5.91. The number of rotatable bonds is 5. The van der Waals surface area contributed by atoms with E-state index in [1.54, 1.807) is 12.3 Å². The molecule has 3 heterocycles. The molecule has 0 unspecified atom stereocenters. The molecule has 1 N–H and O–H groups in total. The maximum Gasteiger partial charge on any atom is 0.233 e. The Morgan fingerprint density at radius 2 is 2.35 bits per heavy atom. The number of hydrogen-bond donors (Lipinski definition) is 1. The Kier molecular flexibility index (Phi) is 4.53. The minimum Gasteiger partial charge on any atom is -0.424 e. The maximum absolute atomic E-state index is 8.77. The van der Waals surface area contributed by atoms with Gasteiger partial charge in [0, 0.05) is 26.2 Å². The molecule has 120 valence electrons. The van der Waals surface area contributed by atoms with Gasteiger partial charge in [-0.3, -0.25) is 4.90 Å². The molecule has 3 rings (SSSR count). The molecule has 1 aliphatic rings.